The van der Waals surface area contributed by atoms with Crippen LogP contribution in [0, 0.1) is 5.92 Å². The Morgan fingerprint density at radius 3 is 3.00 bits per heavy atom. The van der Waals surface area contributed by atoms with E-state index in [2.05, 4.69) is 11.0 Å². The number of para-hydroxylation sites is 2. The summed E-state index contributed by atoms with van der Waals surface area (Å²) in [5, 5.41) is 0. The zero-order valence-corrected chi connectivity index (χ0v) is 9.56. The van der Waals surface area contributed by atoms with Gasteiger partial charge in [-0.1, -0.05) is 12.1 Å². The summed E-state index contributed by atoms with van der Waals surface area (Å²) in [5.41, 5.74) is 1.16. The van der Waals surface area contributed by atoms with Gasteiger partial charge in [-0.15, -0.1) is 0 Å². The summed E-state index contributed by atoms with van der Waals surface area (Å²) >= 11 is 0. The molecule has 0 aromatic heterocycles. The lowest BCUT2D eigenvalue weighted by molar-refractivity contribution is 0.108. The van der Waals surface area contributed by atoms with Gasteiger partial charge in [0.25, 0.3) is 0 Å². The molecule has 0 amide bonds. The molecule has 88 valence electrons. The Kier molecular flexibility index (Phi) is 3.64. The van der Waals surface area contributed by atoms with Crippen LogP contribution in [0.1, 0.15) is 6.42 Å². The summed E-state index contributed by atoms with van der Waals surface area (Å²) in [5.74, 6) is 6.56. The van der Waals surface area contributed by atoms with E-state index in [1.807, 2.05) is 18.2 Å². The van der Waals surface area contributed by atoms with E-state index in [0.717, 1.165) is 30.9 Å². The van der Waals surface area contributed by atoms with E-state index >= 15 is 0 Å². The molecule has 4 heteroatoms. The lowest BCUT2D eigenvalue weighted by atomic mass is 10.1. The second kappa shape index (κ2) is 5.18. The Hall–Kier alpha value is -1.26. The first-order chi connectivity index (χ1) is 7.85. The van der Waals surface area contributed by atoms with E-state index in [4.69, 9.17) is 15.5 Å². The van der Waals surface area contributed by atoms with Gasteiger partial charge in [-0.25, -0.2) is 5.90 Å². The van der Waals surface area contributed by atoms with Gasteiger partial charge in [0.15, 0.2) is 0 Å². The Bertz CT molecular complexity index is 344. The molecular weight excluding hydrogens is 204 g/mol. The Morgan fingerprint density at radius 2 is 2.25 bits per heavy atom. The highest BCUT2D eigenvalue weighted by molar-refractivity contribution is 5.58. The highest BCUT2D eigenvalue weighted by atomic mass is 16.6. The van der Waals surface area contributed by atoms with E-state index < -0.39 is 0 Å². The van der Waals surface area contributed by atoms with Crippen LogP contribution in [0.25, 0.3) is 0 Å². The molecule has 0 spiro atoms. The molecule has 2 rings (SSSR count). The second-order valence-electron chi connectivity index (χ2n) is 4.11. The number of hydrogen-bond donors (Lipinski definition) is 1. The molecule has 0 saturated carbocycles. The third kappa shape index (κ3) is 2.28. The monoisotopic (exact) mass is 222 g/mol. The minimum Gasteiger partial charge on any atom is -0.495 e. The van der Waals surface area contributed by atoms with Gasteiger partial charge in [-0.2, -0.15) is 0 Å². The summed E-state index contributed by atoms with van der Waals surface area (Å²) in [4.78, 5) is 7.03. The minimum atomic E-state index is 0.523. The molecule has 1 aliphatic rings. The number of nitrogens with two attached hydrogens (primary N) is 1. The molecule has 1 saturated heterocycles. The van der Waals surface area contributed by atoms with Crippen molar-refractivity contribution in [2.75, 3.05) is 31.7 Å². The fourth-order valence-electron chi connectivity index (χ4n) is 2.21. The first kappa shape index (κ1) is 11.2. The predicted octanol–water partition coefficient (Wildman–Crippen LogP) is 1.41. The SMILES string of the molecule is COc1ccccc1N1CCC(CON)C1. The second-order valence-corrected chi connectivity index (χ2v) is 4.11. The quantitative estimate of drug-likeness (QED) is 0.782. The van der Waals surface area contributed by atoms with Crippen LogP contribution in [0.5, 0.6) is 5.75 Å². The highest BCUT2D eigenvalue weighted by Gasteiger charge is 2.24. The fourth-order valence-corrected chi connectivity index (χ4v) is 2.21. The van der Waals surface area contributed by atoms with Crippen LogP contribution in [0.2, 0.25) is 0 Å². The van der Waals surface area contributed by atoms with Crippen LogP contribution < -0.4 is 15.5 Å². The molecular formula is C12H18N2O2. The smallest absolute Gasteiger partial charge is 0.142 e. The molecule has 4 nitrogen and oxygen atoms in total. The van der Waals surface area contributed by atoms with Gasteiger partial charge >= 0.3 is 0 Å². The van der Waals surface area contributed by atoms with E-state index in [0.29, 0.717) is 12.5 Å². The van der Waals surface area contributed by atoms with Gasteiger partial charge in [0.2, 0.25) is 0 Å². The Morgan fingerprint density at radius 1 is 1.44 bits per heavy atom. The van der Waals surface area contributed by atoms with Crippen molar-refractivity contribution >= 4 is 5.69 Å². The summed E-state index contributed by atoms with van der Waals surface area (Å²) in [6.45, 7) is 2.65. The largest absolute Gasteiger partial charge is 0.495 e. The number of hydrogen-bond acceptors (Lipinski definition) is 4. The van der Waals surface area contributed by atoms with Crippen LogP contribution in [-0.2, 0) is 4.84 Å². The summed E-state index contributed by atoms with van der Waals surface area (Å²) in [7, 11) is 1.70. The molecule has 0 aliphatic carbocycles. The van der Waals surface area contributed by atoms with Crippen LogP contribution in [0.3, 0.4) is 0 Å². The zero-order valence-electron chi connectivity index (χ0n) is 9.56. The van der Waals surface area contributed by atoms with Crippen molar-refractivity contribution in [2.24, 2.45) is 11.8 Å². The van der Waals surface area contributed by atoms with Gasteiger partial charge < -0.3 is 14.5 Å². The van der Waals surface area contributed by atoms with Crippen molar-refractivity contribution in [3.63, 3.8) is 0 Å². The molecule has 2 N–H and O–H groups in total. The number of benzene rings is 1. The molecule has 1 aromatic carbocycles. The zero-order chi connectivity index (χ0) is 11.4. The Labute approximate surface area is 95.9 Å². The molecule has 1 aliphatic heterocycles. The van der Waals surface area contributed by atoms with Crippen LogP contribution in [0.4, 0.5) is 5.69 Å². The van der Waals surface area contributed by atoms with Crippen molar-refractivity contribution < 1.29 is 9.57 Å². The van der Waals surface area contributed by atoms with Crippen molar-refractivity contribution in [1.82, 2.24) is 0 Å². The van der Waals surface area contributed by atoms with E-state index in [1.165, 1.54) is 0 Å². The molecule has 1 atom stereocenters. The molecule has 1 unspecified atom stereocenters. The molecule has 16 heavy (non-hydrogen) atoms. The maximum Gasteiger partial charge on any atom is 0.142 e. The van der Waals surface area contributed by atoms with Crippen molar-refractivity contribution in [3.05, 3.63) is 24.3 Å². The lowest BCUT2D eigenvalue weighted by Crippen LogP contribution is -2.22. The normalized spacial score (nSPS) is 20.1. The predicted molar refractivity (Wildman–Crippen MR) is 63.5 cm³/mol. The van der Waals surface area contributed by atoms with Crippen molar-refractivity contribution in [3.8, 4) is 5.75 Å². The van der Waals surface area contributed by atoms with Gasteiger partial charge in [0.1, 0.15) is 5.75 Å². The molecule has 1 aromatic rings. The van der Waals surface area contributed by atoms with E-state index in [-0.39, 0.29) is 0 Å². The summed E-state index contributed by atoms with van der Waals surface area (Å²) in [6.07, 6.45) is 1.12. The highest BCUT2D eigenvalue weighted by Crippen LogP contribution is 2.31. The topological polar surface area (TPSA) is 47.7 Å². The maximum atomic E-state index is 5.36. The number of methoxy groups -OCH3 is 1. The van der Waals surface area contributed by atoms with Gasteiger partial charge in [-0.3, -0.25) is 0 Å². The first-order valence-electron chi connectivity index (χ1n) is 5.54. The summed E-state index contributed by atoms with van der Waals surface area (Å²) < 4.78 is 5.36. The van der Waals surface area contributed by atoms with Gasteiger partial charge in [-0.05, 0) is 18.6 Å². The molecule has 0 bridgehead atoms. The van der Waals surface area contributed by atoms with Crippen LogP contribution >= 0.6 is 0 Å². The fraction of sp³-hybridized carbons (Fsp3) is 0.500. The Balaban J connectivity index is 2.08. The molecule has 1 heterocycles. The maximum absolute atomic E-state index is 5.36. The minimum absolute atomic E-state index is 0.523. The standard InChI is InChI=1S/C12H18N2O2/c1-15-12-5-3-2-4-11(12)14-7-6-10(8-14)9-16-13/h2-5,10H,6-9,13H2,1H3. The van der Waals surface area contributed by atoms with E-state index in [1.54, 1.807) is 7.11 Å². The number of anilines is 1. The van der Waals surface area contributed by atoms with Crippen molar-refractivity contribution in [1.29, 1.82) is 0 Å². The van der Waals surface area contributed by atoms with Crippen LogP contribution in [0.15, 0.2) is 24.3 Å². The van der Waals surface area contributed by atoms with Gasteiger partial charge in [0, 0.05) is 19.0 Å². The average molecular weight is 222 g/mol. The van der Waals surface area contributed by atoms with Crippen LogP contribution in [-0.4, -0.2) is 26.8 Å². The number of nitrogens with zero attached hydrogens (tertiary/aromatic N) is 1. The first-order valence-corrected chi connectivity index (χ1v) is 5.54. The molecule has 1 fully saturated rings. The lowest BCUT2D eigenvalue weighted by Gasteiger charge is -2.21. The summed E-state index contributed by atoms with van der Waals surface area (Å²) in [6, 6.07) is 8.09. The third-order valence-corrected chi connectivity index (χ3v) is 3.04. The number of rotatable bonds is 4. The van der Waals surface area contributed by atoms with Gasteiger partial charge in [0.05, 0.1) is 19.4 Å². The van der Waals surface area contributed by atoms with E-state index in [9.17, 15) is 0 Å². The third-order valence-electron chi connectivity index (χ3n) is 3.04. The number of ether oxygens (including phenoxy) is 1. The molecule has 0 radical (unpaired) electrons. The average Bonchev–Trinajstić information content (AvgIpc) is 2.78. The van der Waals surface area contributed by atoms with Crippen molar-refractivity contribution in [2.45, 2.75) is 6.42 Å².